The Kier molecular flexibility index (Phi) is 6.13. The molecule has 0 bridgehead atoms. The average molecular weight is 309 g/mol. The van der Waals surface area contributed by atoms with Gasteiger partial charge in [0.25, 0.3) is 0 Å². The van der Waals surface area contributed by atoms with Crippen molar-refractivity contribution in [2.24, 2.45) is 0 Å². The third kappa shape index (κ3) is 3.71. The molecule has 0 aliphatic carbocycles. The van der Waals surface area contributed by atoms with Crippen LogP contribution in [0, 0.1) is 0 Å². The van der Waals surface area contributed by atoms with Crippen molar-refractivity contribution in [2.75, 3.05) is 19.1 Å². The van der Waals surface area contributed by atoms with Crippen LogP contribution in [0.25, 0.3) is 0 Å². The van der Waals surface area contributed by atoms with Gasteiger partial charge in [-0.2, -0.15) is 16.1 Å². The van der Waals surface area contributed by atoms with E-state index >= 15 is 0 Å². The first-order valence-electron chi connectivity index (χ1n) is 5.58. The Hall–Kier alpha value is -0.0800. The summed E-state index contributed by atoms with van der Waals surface area (Å²) in [5, 5.41) is 10.6. The minimum absolute atomic E-state index is 0.0278. The summed E-state index contributed by atoms with van der Waals surface area (Å²) in [5.41, 5.74) is 0. The van der Waals surface area contributed by atoms with E-state index in [-0.39, 0.29) is 17.5 Å². The van der Waals surface area contributed by atoms with E-state index in [0.717, 1.165) is 12.2 Å². The lowest BCUT2D eigenvalue weighted by molar-refractivity contribution is 0.285. The van der Waals surface area contributed by atoms with Crippen molar-refractivity contribution >= 4 is 33.1 Å². The van der Waals surface area contributed by atoms with Gasteiger partial charge in [0, 0.05) is 23.3 Å². The highest BCUT2D eigenvalue weighted by atomic mass is 32.2. The number of hydrogen-bond donors (Lipinski definition) is 1. The van der Waals surface area contributed by atoms with E-state index in [1.54, 1.807) is 24.2 Å². The van der Waals surface area contributed by atoms with Crippen LogP contribution < -0.4 is 0 Å². The predicted molar refractivity (Wildman–Crippen MR) is 77.7 cm³/mol. The van der Waals surface area contributed by atoms with Gasteiger partial charge in [-0.25, -0.2) is 8.42 Å². The minimum Gasteiger partial charge on any atom is -0.391 e. The highest BCUT2D eigenvalue weighted by molar-refractivity contribution is 7.98. The average Bonchev–Trinajstić information content (AvgIpc) is 2.84. The van der Waals surface area contributed by atoms with E-state index in [4.69, 9.17) is 5.11 Å². The second-order valence-corrected chi connectivity index (χ2v) is 8.04. The Labute approximate surface area is 117 Å². The molecule has 104 valence electrons. The summed E-state index contributed by atoms with van der Waals surface area (Å²) < 4.78 is 26.0. The molecule has 0 aromatic carbocycles. The monoisotopic (exact) mass is 309 g/mol. The molecule has 18 heavy (non-hydrogen) atoms. The zero-order chi connectivity index (χ0) is 13.8. The first kappa shape index (κ1) is 16.0. The maximum atomic E-state index is 12.3. The van der Waals surface area contributed by atoms with Crippen LogP contribution in [-0.4, -0.2) is 42.9 Å². The molecule has 1 atom stereocenters. The van der Waals surface area contributed by atoms with Crippen LogP contribution in [0.3, 0.4) is 0 Å². The fourth-order valence-corrected chi connectivity index (χ4v) is 4.54. The zero-order valence-corrected chi connectivity index (χ0v) is 13.2. The van der Waals surface area contributed by atoms with Gasteiger partial charge in [-0.15, -0.1) is 11.3 Å². The molecule has 7 heteroatoms. The van der Waals surface area contributed by atoms with Crippen LogP contribution in [0.1, 0.15) is 18.2 Å². The van der Waals surface area contributed by atoms with Crippen molar-refractivity contribution in [1.29, 1.82) is 0 Å². The third-order valence-electron chi connectivity index (χ3n) is 2.82. The van der Waals surface area contributed by atoms with Crippen molar-refractivity contribution in [1.82, 2.24) is 4.31 Å². The molecular formula is C11H19NO3S3. The molecule has 1 rings (SSSR count). The first-order chi connectivity index (χ1) is 8.43. The number of nitrogens with zero attached hydrogens (tertiary/aromatic N) is 1. The predicted octanol–water partition coefficient (Wildman–Crippen LogP) is 2.00. The van der Waals surface area contributed by atoms with Crippen molar-refractivity contribution in [2.45, 2.75) is 30.9 Å². The van der Waals surface area contributed by atoms with E-state index < -0.39 is 10.0 Å². The van der Waals surface area contributed by atoms with Gasteiger partial charge in [-0.05, 0) is 31.4 Å². The Morgan fingerprint density at radius 2 is 2.22 bits per heavy atom. The number of rotatable bonds is 7. The quantitative estimate of drug-likeness (QED) is 0.837. The Morgan fingerprint density at radius 1 is 1.56 bits per heavy atom. The molecule has 0 spiro atoms. The number of aliphatic hydroxyl groups is 1. The van der Waals surface area contributed by atoms with Crippen LogP contribution in [-0.2, 0) is 16.6 Å². The fourth-order valence-electron chi connectivity index (χ4n) is 1.45. The maximum absolute atomic E-state index is 12.3. The molecule has 1 unspecified atom stereocenters. The lowest BCUT2D eigenvalue weighted by Crippen LogP contribution is -2.35. The van der Waals surface area contributed by atoms with Crippen LogP contribution in [0.2, 0.25) is 0 Å². The van der Waals surface area contributed by atoms with E-state index in [0.29, 0.717) is 4.88 Å². The largest absolute Gasteiger partial charge is 0.391 e. The standard InChI is InChI=1S/C11H19NO3S3/c1-9(4-5-16-3)12(2)18(14,15)11-6-10(7-13)17-8-11/h6,8-9,13H,4-5,7H2,1-3H3. The molecule has 0 aliphatic heterocycles. The highest BCUT2D eigenvalue weighted by Gasteiger charge is 2.26. The summed E-state index contributed by atoms with van der Waals surface area (Å²) >= 11 is 2.97. The maximum Gasteiger partial charge on any atom is 0.243 e. The zero-order valence-electron chi connectivity index (χ0n) is 10.8. The van der Waals surface area contributed by atoms with E-state index in [2.05, 4.69) is 0 Å². The smallest absolute Gasteiger partial charge is 0.243 e. The molecule has 0 radical (unpaired) electrons. The van der Waals surface area contributed by atoms with E-state index in [1.165, 1.54) is 21.7 Å². The van der Waals surface area contributed by atoms with Crippen LogP contribution in [0.15, 0.2) is 16.3 Å². The van der Waals surface area contributed by atoms with Gasteiger partial charge >= 0.3 is 0 Å². The molecule has 1 aromatic heterocycles. The summed E-state index contributed by atoms with van der Waals surface area (Å²) in [7, 11) is -1.83. The van der Waals surface area contributed by atoms with Gasteiger partial charge in [-0.1, -0.05) is 0 Å². The number of sulfonamides is 1. The minimum atomic E-state index is -3.43. The van der Waals surface area contributed by atoms with Crippen LogP contribution >= 0.6 is 23.1 Å². The van der Waals surface area contributed by atoms with E-state index in [9.17, 15) is 8.42 Å². The summed E-state index contributed by atoms with van der Waals surface area (Å²) in [6.45, 7) is 1.79. The van der Waals surface area contributed by atoms with Gasteiger partial charge in [0.2, 0.25) is 10.0 Å². The highest BCUT2D eigenvalue weighted by Crippen LogP contribution is 2.24. The first-order valence-corrected chi connectivity index (χ1v) is 9.30. The molecule has 0 saturated heterocycles. The van der Waals surface area contributed by atoms with Crippen LogP contribution in [0.4, 0.5) is 0 Å². The Balaban J connectivity index is 2.85. The third-order valence-corrected chi connectivity index (χ3v) is 6.49. The lowest BCUT2D eigenvalue weighted by Gasteiger charge is -2.23. The van der Waals surface area contributed by atoms with Crippen molar-refractivity contribution in [3.63, 3.8) is 0 Å². The van der Waals surface area contributed by atoms with Crippen molar-refractivity contribution in [3.8, 4) is 0 Å². The summed E-state index contributed by atoms with van der Waals surface area (Å²) in [6, 6.07) is 1.51. The molecule has 1 aromatic rings. The number of thiophene rings is 1. The van der Waals surface area contributed by atoms with Gasteiger partial charge in [0.1, 0.15) is 0 Å². The molecule has 4 nitrogen and oxygen atoms in total. The molecule has 0 aliphatic rings. The number of thioether (sulfide) groups is 1. The van der Waals surface area contributed by atoms with E-state index in [1.807, 2.05) is 13.2 Å². The molecule has 1 heterocycles. The second kappa shape index (κ2) is 6.91. The van der Waals surface area contributed by atoms with Gasteiger partial charge in [-0.3, -0.25) is 0 Å². The molecule has 1 N–H and O–H groups in total. The molecule has 0 amide bonds. The lowest BCUT2D eigenvalue weighted by atomic mass is 10.3. The molecule has 0 fully saturated rings. The molecule has 0 saturated carbocycles. The van der Waals surface area contributed by atoms with Gasteiger partial charge < -0.3 is 5.11 Å². The number of hydrogen-bond acceptors (Lipinski definition) is 5. The van der Waals surface area contributed by atoms with Gasteiger partial charge in [0.05, 0.1) is 11.5 Å². The van der Waals surface area contributed by atoms with Gasteiger partial charge in [0.15, 0.2) is 0 Å². The summed E-state index contributed by atoms with van der Waals surface area (Å²) in [4.78, 5) is 0.939. The summed E-state index contributed by atoms with van der Waals surface area (Å²) in [6.07, 6.45) is 2.83. The Morgan fingerprint density at radius 3 is 2.72 bits per heavy atom. The van der Waals surface area contributed by atoms with Crippen molar-refractivity contribution in [3.05, 3.63) is 16.3 Å². The SMILES string of the molecule is CSCCC(C)N(C)S(=O)(=O)c1csc(CO)c1. The Bertz CT molecular complexity index is 470. The second-order valence-electron chi connectivity index (χ2n) is 4.06. The normalized spacial score (nSPS) is 14.1. The molecular weight excluding hydrogens is 290 g/mol. The number of aliphatic hydroxyl groups excluding tert-OH is 1. The van der Waals surface area contributed by atoms with Crippen molar-refractivity contribution < 1.29 is 13.5 Å². The summed E-state index contributed by atoms with van der Waals surface area (Å²) in [5.74, 6) is 0.937. The fraction of sp³-hybridized carbons (Fsp3) is 0.636. The van der Waals surface area contributed by atoms with Crippen LogP contribution in [0.5, 0.6) is 0 Å². The topological polar surface area (TPSA) is 57.6 Å².